The van der Waals surface area contributed by atoms with Crippen LogP contribution in [-0.2, 0) is 0 Å². The summed E-state index contributed by atoms with van der Waals surface area (Å²) in [6.07, 6.45) is 0. The maximum Gasteiger partial charge on any atom is -0.0167 e. The van der Waals surface area contributed by atoms with Crippen molar-refractivity contribution in [2.45, 2.75) is 40.5 Å². The van der Waals surface area contributed by atoms with Crippen LogP contribution in [0.25, 0.3) is 0 Å². The zero-order chi connectivity index (χ0) is 10.3. The Hall–Kier alpha value is -0.780. The third-order valence-corrected chi connectivity index (χ3v) is 2.33. The first-order valence-corrected chi connectivity index (χ1v) is 5.26. The Bertz CT molecular complexity index is 199. The monoisotopic (exact) mass is 178 g/mol. The second-order valence-corrected chi connectivity index (χ2v) is 3.44. The Labute approximate surface area is 83.0 Å². The van der Waals surface area contributed by atoms with Gasteiger partial charge < -0.3 is 0 Å². The van der Waals surface area contributed by atoms with E-state index < -0.39 is 0 Å². The van der Waals surface area contributed by atoms with Crippen molar-refractivity contribution in [3.8, 4) is 0 Å². The minimum absolute atomic E-state index is 0.677. The molecule has 0 amide bonds. The average molecular weight is 178 g/mol. The van der Waals surface area contributed by atoms with Gasteiger partial charge in [0.1, 0.15) is 0 Å². The maximum atomic E-state index is 2.28. The lowest BCUT2D eigenvalue weighted by atomic mass is 9.91. The first-order valence-electron chi connectivity index (χ1n) is 5.26. The van der Waals surface area contributed by atoms with Crippen LogP contribution in [0.5, 0.6) is 0 Å². The number of rotatable bonds is 2. The minimum atomic E-state index is 0.677. The number of hydrogen-bond donors (Lipinski definition) is 0. The lowest BCUT2D eigenvalue weighted by Gasteiger charge is -2.15. The van der Waals surface area contributed by atoms with Gasteiger partial charge in [-0.2, -0.15) is 0 Å². The van der Waals surface area contributed by atoms with Crippen LogP contribution < -0.4 is 0 Å². The van der Waals surface area contributed by atoms with Crippen LogP contribution in [0.3, 0.4) is 0 Å². The summed E-state index contributed by atoms with van der Waals surface area (Å²) < 4.78 is 0. The summed E-state index contributed by atoms with van der Waals surface area (Å²) in [5.74, 6) is 1.41. The number of benzene rings is 1. The molecule has 1 unspecified atom stereocenters. The van der Waals surface area contributed by atoms with Crippen molar-refractivity contribution in [3.05, 3.63) is 35.9 Å². The average Bonchev–Trinajstić information content (AvgIpc) is 2.21. The van der Waals surface area contributed by atoms with Crippen LogP contribution in [0, 0.1) is 5.92 Å². The topological polar surface area (TPSA) is 0 Å². The van der Waals surface area contributed by atoms with E-state index in [1.807, 2.05) is 13.8 Å². The van der Waals surface area contributed by atoms with Gasteiger partial charge in [-0.25, -0.2) is 0 Å². The van der Waals surface area contributed by atoms with Gasteiger partial charge in [-0.3, -0.25) is 0 Å². The van der Waals surface area contributed by atoms with Gasteiger partial charge in [-0.1, -0.05) is 65.0 Å². The molecule has 0 bridgehead atoms. The minimum Gasteiger partial charge on any atom is -0.0683 e. The summed E-state index contributed by atoms with van der Waals surface area (Å²) in [6, 6.07) is 10.7. The van der Waals surface area contributed by atoms with Crippen molar-refractivity contribution in [1.82, 2.24) is 0 Å². The van der Waals surface area contributed by atoms with E-state index in [9.17, 15) is 0 Å². The van der Waals surface area contributed by atoms with Crippen LogP contribution in [0.15, 0.2) is 30.3 Å². The first-order chi connectivity index (χ1) is 6.22. The van der Waals surface area contributed by atoms with Crippen LogP contribution in [-0.4, -0.2) is 0 Å². The van der Waals surface area contributed by atoms with E-state index in [0.29, 0.717) is 5.92 Å². The normalized spacial score (nSPS) is 11.8. The molecule has 0 fully saturated rings. The number of hydrogen-bond acceptors (Lipinski definition) is 0. The van der Waals surface area contributed by atoms with Crippen molar-refractivity contribution in [2.75, 3.05) is 0 Å². The summed E-state index contributed by atoms with van der Waals surface area (Å²) in [5, 5.41) is 0. The third-order valence-electron chi connectivity index (χ3n) is 2.33. The molecule has 1 aromatic rings. The lowest BCUT2D eigenvalue weighted by molar-refractivity contribution is 0.535. The SMILES string of the molecule is CC.CC(C)C(C)c1ccccc1. The molecule has 0 nitrogen and oxygen atoms in total. The molecular weight excluding hydrogens is 156 g/mol. The molecule has 1 rings (SSSR count). The fourth-order valence-corrected chi connectivity index (χ4v) is 1.14. The van der Waals surface area contributed by atoms with E-state index in [1.54, 1.807) is 0 Å². The Kier molecular flexibility index (Phi) is 6.30. The molecule has 0 aliphatic heterocycles. The summed E-state index contributed by atoms with van der Waals surface area (Å²) >= 11 is 0. The Morgan fingerprint density at radius 2 is 1.31 bits per heavy atom. The van der Waals surface area contributed by atoms with Gasteiger partial charge in [0.15, 0.2) is 0 Å². The maximum absolute atomic E-state index is 2.28. The molecule has 0 aliphatic rings. The molecule has 74 valence electrons. The van der Waals surface area contributed by atoms with Crippen molar-refractivity contribution in [3.63, 3.8) is 0 Å². The standard InChI is InChI=1S/C11H16.C2H6/c1-9(2)10(3)11-7-5-4-6-8-11;1-2/h4-10H,1-3H3;1-2H3. The zero-order valence-electron chi connectivity index (χ0n) is 9.54. The smallest absolute Gasteiger partial charge is 0.0167 e. The summed E-state index contributed by atoms with van der Waals surface area (Å²) in [6.45, 7) is 10.8. The summed E-state index contributed by atoms with van der Waals surface area (Å²) in [5.41, 5.74) is 1.45. The Morgan fingerprint density at radius 3 is 1.69 bits per heavy atom. The molecule has 0 saturated carbocycles. The molecule has 0 spiro atoms. The fourth-order valence-electron chi connectivity index (χ4n) is 1.14. The summed E-state index contributed by atoms with van der Waals surface area (Å²) in [4.78, 5) is 0. The van der Waals surface area contributed by atoms with Crippen LogP contribution in [0.2, 0.25) is 0 Å². The molecule has 0 saturated heterocycles. The van der Waals surface area contributed by atoms with Gasteiger partial charge in [0.05, 0.1) is 0 Å². The highest BCUT2D eigenvalue weighted by molar-refractivity contribution is 5.18. The summed E-state index contributed by atoms with van der Waals surface area (Å²) in [7, 11) is 0. The van der Waals surface area contributed by atoms with E-state index in [1.165, 1.54) is 5.56 Å². The van der Waals surface area contributed by atoms with Gasteiger partial charge in [0.25, 0.3) is 0 Å². The molecule has 0 N–H and O–H groups in total. The van der Waals surface area contributed by atoms with Crippen molar-refractivity contribution in [2.24, 2.45) is 5.92 Å². The molecule has 0 aliphatic carbocycles. The van der Waals surface area contributed by atoms with E-state index in [2.05, 4.69) is 51.1 Å². The molecule has 1 aromatic carbocycles. The second kappa shape index (κ2) is 6.71. The Morgan fingerprint density at radius 1 is 0.846 bits per heavy atom. The fraction of sp³-hybridized carbons (Fsp3) is 0.538. The second-order valence-electron chi connectivity index (χ2n) is 3.44. The predicted octanol–water partition coefficient (Wildman–Crippen LogP) is 4.47. The van der Waals surface area contributed by atoms with Crippen molar-refractivity contribution < 1.29 is 0 Å². The highest BCUT2D eigenvalue weighted by Crippen LogP contribution is 2.22. The van der Waals surface area contributed by atoms with E-state index >= 15 is 0 Å². The predicted molar refractivity (Wildman–Crippen MR) is 61.0 cm³/mol. The van der Waals surface area contributed by atoms with Gasteiger partial charge in [0.2, 0.25) is 0 Å². The molecular formula is C13H22. The lowest BCUT2D eigenvalue weighted by Crippen LogP contribution is -2.00. The molecule has 0 heterocycles. The van der Waals surface area contributed by atoms with Crippen molar-refractivity contribution >= 4 is 0 Å². The molecule has 0 heteroatoms. The molecule has 1 atom stereocenters. The highest BCUT2D eigenvalue weighted by Gasteiger charge is 2.07. The van der Waals surface area contributed by atoms with Crippen LogP contribution in [0.1, 0.15) is 46.1 Å². The van der Waals surface area contributed by atoms with Gasteiger partial charge in [0, 0.05) is 0 Å². The van der Waals surface area contributed by atoms with Gasteiger partial charge >= 0.3 is 0 Å². The zero-order valence-corrected chi connectivity index (χ0v) is 9.54. The molecule has 0 radical (unpaired) electrons. The van der Waals surface area contributed by atoms with E-state index in [0.717, 1.165) is 5.92 Å². The largest absolute Gasteiger partial charge is 0.0683 e. The van der Waals surface area contributed by atoms with Crippen molar-refractivity contribution in [1.29, 1.82) is 0 Å². The third kappa shape index (κ3) is 4.12. The van der Waals surface area contributed by atoms with Gasteiger partial charge in [-0.15, -0.1) is 0 Å². The van der Waals surface area contributed by atoms with Crippen LogP contribution >= 0.6 is 0 Å². The molecule has 0 aromatic heterocycles. The molecule has 13 heavy (non-hydrogen) atoms. The highest BCUT2D eigenvalue weighted by atomic mass is 14.1. The van der Waals surface area contributed by atoms with E-state index in [4.69, 9.17) is 0 Å². The van der Waals surface area contributed by atoms with Gasteiger partial charge in [-0.05, 0) is 17.4 Å². The van der Waals surface area contributed by atoms with Crippen LogP contribution in [0.4, 0.5) is 0 Å². The quantitative estimate of drug-likeness (QED) is 0.626. The first kappa shape index (κ1) is 12.2. The van der Waals surface area contributed by atoms with E-state index in [-0.39, 0.29) is 0 Å². The Balaban J connectivity index is 0.000000671.